The molecular weight excluding hydrogens is 541 g/mol. The summed E-state index contributed by atoms with van der Waals surface area (Å²) in [5, 5.41) is 11.0. The summed E-state index contributed by atoms with van der Waals surface area (Å²) in [7, 11) is 0. The van der Waals surface area contributed by atoms with Crippen LogP contribution in [0.1, 0.15) is 54.4 Å². The van der Waals surface area contributed by atoms with Crippen LogP contribution in [0.5, 0.6) is 5.75 Å². The molecule has 0 fully saturated rings. The minimum Gasteiger partial charge on any atom is -0.479 e. The monoisotopic (exact) mass is 569 g/mol. The van der Waals surface area contributed by atoms with Crippen LogP contribution >= 0.6 is 34.8 Å². The number of ether oxygens (including phenoxy) is 1. The molecule has 2 heterocycles. The molecule has 3 aromatic rings. The number of anilines is 2. The number of halogens is 3. The predicted molar refractivity (Wildman–Crippen MR) is 148 cm³/mol. The number of nitrogens with zero attached hydrogens (tertiary/aromatic N) is 5. The van der Waals surface area contributed by atoms with E-state index in [2.05, 4.69) is 36.6 Å². The molecule has 2 aromatic heterocycles. The number of aromatic nitrogens is 5. The Labute approximate surface area is 231 Å². The van der Waals surface area contributed by atoms with Gasteiger partial charge in [0.05, 0.1) is 15.7 Å². The maximum atomic E-state index is 12.0. The second-order valence-corrected chi connectivity index (χ2v) is 10.9. The Balaban J connectivity index is 0.000000281. The summed E-state index contributed by atoms with van der Waals surface area (Å²) in [6.07, 6.45) is 5.15. The molecule has 13 heteroatoms. The highest BCUT2D eigenvalue weighted by Crippen LogP contribution is 2.33. The minimum absolute atomic E-state index is 0.0434. The highest BCUT2D eigenvalue weighted by Gasteiger charge is 2.24. The van der Waals surface area contributed by atoms with E-state index in [1.807, 2.05) is 48.5 Å². The maximum absolute atomic E-state index is 12.0. The molecule has 2 N–H and O–H groups in total. The van der Waals surface area contributed by atoms with Gasteiger partial charge in [-0.15, -0.1) is 11.5 Å². The topological polar surface area (TPSA) is 120 Å². The summed E-state index contributed by atoms with van der Waals surface area (Å²) in [6, 6.07) is 2.96. The van der Waals surface area contributed by atoms with Gasteiger partial charge in [-0.3, -0.25) is 0 Å². The van der Waals surface area contributed by atoms with E-state index in [1.165, 1.54) is 12.1 Å². The third-order valence-electron chi connectivity index (χ3n) is 4.16. The Kier molecular flexibility index (Phi) is 10.2. The number of terminal acetylenes is 1. The van der Waals surface area contributed by atoms with Gasteiger partial charge in [-0.25, -0.2) is 4.79 Å². The summed E-state index contributed by atoms with van der Waals surface area (Å²) in [5.41, 5.74) is -0.206. The molecule has 200 valence electrons. The summed E-state index contributed by atoms with van der Waals surface area (Å²) >= 11 is 17.9. The molecule has 0 saturated heterocycles. The average molecular weight is 571 g/mol. The van der Waals surface area contributed by atoms with Crippen molar-refractivity contribution in [2.24, 2.45) is 0 Å². The smallest absolute Gasteiger partial charge is 0.442 e. The number of hydrogen-bond donors (Lipinski definition) is 2. The van der Waals surface area contributed by atoms with Gasteiger partial charge in [0.1, 0.15) is 12.4 Å². The normalized spacial score (nSPS) is 11.3. The number of nitrogens with one attached hydrogen (secondary N) is 2. The molecule has 0 atom stereocenters. The molecule has 10 nitrogen and oxygen atoms in total. The van der Waals surface area contributed by atoms with Gasteiger partial charge in [0.15, 0.2) is 0 Å². The van der Waals surface area contributed by atoms with Crippen LogP contribution in [0, 0.1) is 12.3 Å². The van der Waals surface area contributed by atoms with Gasteiger partial charge < -0.3 is 19.8 Å². The zero-order valence-electron chi connectivity index (χ0n) is 21.7. The van der Waals surface area contributed by atoms with Crippen molar-refractivity contribution in [2.75, 3.05) is 23.8 Å². The summed E-state index contributed by atoms with van der Waals surface area (Å²) < 4.78 is 11.6. The Morgan fingerprint density at radius 3 is 2.24 bits per heavy atom. The van der Waals surface area contributed by atoms with Gasteiger partial charge in [-0.05, 0) is 45.4 Å². The first kappa shape index (κ1) is 30.2. The first-order valence-electron chi connectivity index (χ1n) is 11.2. The van der Waals surface area contributed by atoms with Gasteiger partial charge in [-0.2, -0.15) is 19.6 Å². The summed E-state index contributed by atoms with van der Waals surface area (Å²) in [4.78, 5) is 24.1. The Morgan fingerprint density at radius 2 is 1.70 bits per heavy atom. The van der Waals surface area contributed by atoms with Crippen molar-refractivity contribution in [3.8, 4) is 23.8 Å². The van der Waals surface area contributed by atoms with Gasteiger partial charge in [-0.1, -0.05) is 49.9 Å². The molecule has 0 aliphatic heterocycles. The van der Waals surface area contributed by atoms with Crippen molar-refractivity contribution in [3.63, 3.8) is 0 Å². The molecule has 3 rings (SSSR count). The molecular formula is C24H30Cl3N7O3. The summed E-state index contributed by atoms with van der Waals surface area (Å²) in [5.74, 6) is 3.28. The van der Waals surface area contributed by atoms with Crippen LogP contribution in [0.25, 0.3) is 5.69 Å². The third kappa shape index (κ3) is 9.11. The van der Waals surface area contributed by atoms with E-state index in [0.29, 0.717) is 29.2 Å². The van der Waals surface area contributed by atoms with Gasteiger partial charge >= 0.3 is 5.76 Å². The van der Waals surface area contributed by atoms with E-state index >= 15 is 0 Å². The zero-order chi connectivity index (χ0) is 28.0. The van der Waals surface area contributed by atoms with Crippen LogP contribution in [0.4, 0.5) is 11.9 Å². The lowest BCUT2D eigenvalue weighted by atomic mass is 9.97. The second kappa shape index (κ2) is 12.5. The molecule has 0 aliphatic rings. The third-order valence-corrected chi connectivity index (χ3v) is 4.93. The SMILES string of the molecule is C#CCOc1cc(-n2nc(C(C)(C)C)oc2=O)c(Cl)cc1Cl.CCNc1nc(Cl)nc(NC(C)(C)C)n1. The van der Waals surface area contributed by atoms with Crippen molar-refractivity contribution in [1.29, 1.82) is 0 Å². The highest BCUT2D eigenvalue weighted by molar-refractivity contribution is 6.36. The van der Waals surface area contributed by atoms with Crippen molar-refractivity contribution < 1.29 is 9.15 Å². The molecule has 37 heavy (non-hydrogen) atoms. The fraction of sp³-hybridized carbons (Fsp3) is 0.458. The first-order valence-corrected chi connectivity index (χ1v) is 12.4. The lowest BCUT2D eigenvalue weighted by molar-refractivity contribution is 0.370. The maximum Gasteiger partial charge on any atom is 0.442 e. The van der Waals surface area contributed by atoms with Crippen LogP contribution in [0.2, 0.25) is 15.3 Å². The van der Waals surface area contributed by atoms with E-state index in [4.69, 9.17) is 50.4 Å². The van der Waals surface area contributed by atoms with E-state index < -0.39 is 11.2 Å². The second-order valence-electron chi connectivity index (χ2n) is 9.72. The lowest BCUT2D eigenvalue weighted by Crippen LogP contribution is -2.27. The van der Waals surface area contributed by atoms with E-state index in [-0.39, 0.29) is 27.5 Å². The first-order chi connectivity index (χ1) is 17.1. The molecule has 0 radical (unpaired) electrons. The quantitative estimate of drug-likeness (QED) is 0.364. The van der Waals surface area contributed by atoms with Crippen LogP contribution in [-0.4, -0.2) is 43.4 Å². The molecule has 1 aromatic carbocycles. The van der Waals surface area contributed by atoms with Crippen LogP contribution in [0.3, 0.4) is 0 Å². The number of hydrogen-bond acceptors (Lipinski definition) is 9. The van der Waals surface area contributed by atoms with Crippen LogP contribution < -0.4 is 21.1 Å². The standard InChI is InChI=1S/C15H14Cl2N2O3.C9H16ClN5/c1-5-6-21-12-8-11(9(16)7-10(12)17)19-14(20)22-13(18-19)15(2,3)4;1-5-11-7-12-6(10)13-8(14-7)15-9(2,3)4/h1,7-8H,6H2,2-4H3;5H2,1-4H3,(H2,11,12,13,14,15). The van der Waals surface area contributed by atoms with E-state index in [1.54, 1.807) is 0 Å². The summed E-state index contributed by atoms with van der Waals surface area (Å²) in [6.45, 7) is 14.5. The fourth-order valence-electron chi connectivity index (χ4n) is 2.62. The van der Waals surface area contributed by atoms with E-state index in [0.717, 1.165) is 11.2 Å². The largest absolute Gasteiger partial charge is 0.479 e. The Morgan fingerprint density at radius 1 is 1.05 bits per heavy atom. The zero-order valence-corrected chi connectivity index (χ0v) is 24.0. The van der Waals surface area contributed by atoms with E-state index in [9.17, 15) is 4.79 Å². The molecule has 0 aliphatic carbocycles. The molecule has 0 spiro atoms. The highest BCUT2D eigenvalue weighted by atomic mass is 35.5. The minimum atomic E-state index is -0.642. The Bertz CT molecular complexity index is 1320. The molecule has 0 amide bonds. The fourth-order valence-corrected chi connectivity index (χ4v) is 3.30. The van der Waals surface area contributed by atoms with Crippen molar-refractivity contribution >= 4 is 46.7 Å². The molecule has 0 saturated carbocycles. The van der Waals surface area contributed by atoms with Crippen molar-refractivity contribution in [3.05, 3.63) is 43.9 Å². The van der Waals surface area contributed by atoms with Gasteiger partial charge in [0.25, 0.3) is 0 Å². The number of rotatable bonds is 6. The molecule has 0 unspecified atom stereocenters. The van der Waals surface area contributed by atoms with Crippen LogP contribution in [-0.2, 0) is 5.41 Å². The molecule has 0 bridgehead atoms. The van der Waals surface area contributed by atoms with Crippen LogP contribution in [0.15, 0.2) is 21.3 Å². The lowest BCUT2D eigenvalue weighted by Gasteiger charge is -2.20. The predicted octanol–water partition coefficient (Wildman–Crippen LogP) is 5.61. The average Bonchev–Trinajstić information content (AvgIpc) is 3.14. The van der Waals surface area contributed by atoms with Crippen molar-refractivity contribution in [2.45, 2.75) is 59.4 Å². The van der Waals surface area contributed by atoms with Crippen molar-refractivity contribution in [1.82, 2.24) is 24.7 Å². The van der Waals surface area contributed by atoms with Gasteiger partial charge in [0, 0.05) is 23.6 Å². The Hall–Kier alpha value is -3.00. The van der Waals surface area contributed by atoms with Gasteiger partial charge in [0.2, 0.25) is 23.1 Å². The number of benzene rings is 1.